The maximum atomic E-state index is 5.16. The number of nitrogens with two attached hydrogens (primary N) is 2. The van der Waals surface area contributed by atoms with E-state index < -0.39 is 0 Å². The van der Waals surface area contributed by atoms with Crippen LogP contribution < -0.4 is 16.8 Å². The molecule has 0 aliphatic rings. The van der Waals surface area contributed by atoms with Gasteiger partial charge in [-0.05, 0) is 6.07 Å². The van der Waals surface area contributed by atoms with Crippen molar-refractivity contribution in [2.24, 2.45) is 16.5 Å². The molecule has 0 saturated carbocycles. The Kier molecular flexibility index (Phi) is 4.36. The average Bonchev–Trinajstić information content (AvgIpc) is 2.18. The Labute approximate surface area is 82.5 Å². The third-order valence-corrected chi connectivity index (χ3v) is 1.49. The monoisotopic (exact) mass is 194 g/mol. The summed E-state index contributed by atoms with van der Waals surface area (Å²) in [5.74, 6) is 0.875. The molecule has 0 bridgehead atoms. The molecule has 0 radical (unpaired) electrons. The van der Waals surface area contributed by atoms with Gasteiger partial charge in [-0.25, -0.2) is 9.97 Å². The minimum absolute atomic E-state index is 0.114. The highest BCUT2D eigenvalue weighted by molar-refractivity contribution is 5.75. The van der Waals surface area contributed by atoms with Crippen molar-refractivity contribution in [1.82, 2.24) is 15.3 Å². The van der Waals surface area contributed by atoms with Crippen molar-refractivity contribution in [2.75, 3.05) is 13.1 Å². The molecule has 76 valence electrons. The molecule has 6 heteroatoms. The van der Waals surface area contributed by atoms with Crippen molar-refractivity contribution in [3.05, 3.63) is 24.3 Å². The first kappa shape index (κ1) is 10.4. The van der Waals surface area contributed by atoms with Crippen LogP contribution in [-0.4, -0.2) is 29.0 Å². The highest BCUT2D eigenvalue weighted by atomic mass is 15.0. The van der Waals surface area contributed by atoms with Crippen molar-refractivity contribution >= 4 is 5.96 Å². The zero-order valence-corrected chi connectivity index (χ0v) is 7.85. The summed E-state index contributed by atoms with van der Waals surface area (Å²) in [5, 5.41) is 3.11. The van der Waals surface area contributed by atoms with Gasteiger partial charge in [-0.3, -0.25) is 4.99 Å². The lowest BCUT2D eigenvalue weighted by molar-refractivity contribution is 0.666. The molecule has 1 aromatic rings. The molecule has 0 saturated heterocycles. The molecule has 1 rings (SSSR count). The predicted molar refractivity (Wildman–Crippen MR) is 54.4 cm³/mol. The van der Waals surface area contributed by atoms with Crippen LogP contribution in [0, 0.1) is 0 Å². The van der Waals surface area contributed by atoms with E-state index in [1.807, 2.05) is 0 Å². The molecule has 0 unspecified atom stereocenters. The number of aromatic nitrogens is 2. The molecule has 0 fully saturated rings. The largest absolute Gasteiger partial charge is 0.370 e. The summed E-state index contributed by atoms with van der Waals surface area (Å²) < 4.78 is 0. The summed E-state index contributed by atoms with van der Waals surface area (Å²) in [6.07, 6.45) is 3.42. The van der Waals surface area contributed by atoms with Gasteiger partial charge < -0.3 is 16.8 Å². The van der Waals surface area contributed by atoms with Gasteiger partial charge in [0.2, 0.25) is 0 Å². The summed E-state index contributed by atoms with van der Waals surface area (Å²) in [7, 11) is 0. The highest BCUT2D eigenvalue weighted by Gasteiger charge is 1.92. The molecule has 6 nitrogen and oxygen atoms in total. The van der Waals surface area contributed by atoms with Gasteiger partial charge in [-0.1, -0.05) is 0 Å². The Bertz CT molecular complexity index is 279. The highest BCUT2D eigenvalue weighted by Crippen LogP contribution is 1.85. The number of nitrogens with zero attached hydrogens (tertiary/aromatic N) is 3. The molecular formula is C8H14N6. The van der Waals surface area contributed by atoms with E-state index in [0.717, 1.165) is 5.82 Å². The second-order valence-electron chi connectivity index (χ2n) is 2.65. The Hall–Kier alpha value is -1.69. The van der Waals surface area contributed by atoms with E-state index in [-0.39, 0.29) is 5.96 Å². The van der Waals surface area contributed by atoms with E-state index in [4.69, 9.17) is 11.5 Å². The topological polar surface area (TPSA) is 102 Å². The molecule has 1 aromatic heterocycles. The molecule has 0 aliphatic heterocycles. The molecular weight excluding hydrogens is 180 g/mol. The molecule has 0 amide bonds. The molecule has 14 heavy (non-hydrogen) atoms. The van der Waals surface area contributed by atoms with Crippen molar-refractivity contribution in [3.8, 4) is 0 Å². The summed E-state index contributed by atoms with van der Waals surface area (Å²) in [4.78, 5) is 11.9. The minimum atomic E-state index is 0.114. The van der Waals surface area contributed by atoms with E-state index in [0.29, 0.717) is 19.6 Å². The molecule has 0 aliphatic carbocycles. The first-order valence-corrected chi connectivity index (χ1v) is 4.31. The lowest BCUT2D eigenvalue weighted by atomic mass is 10.5. The van der Waals surface area contributed by atoms with Crippen LogP contribution in [0.3, 0.4) is 0 Å². The minimum Gasteiger partial charge on any atom is -0.370 e. The van der Waals surface area contributed by atoms with Crippen LogP contribution in [0.15, 0.2) is 23.5 Å². The predicted octanol–water partition coefficient (Wildman–Crippen LogP) is -1.16. The van der Waals surface area contributed by atoms with Crippen LogP contribution in [-0.2, 0) is 6.54 Å². The first-order valence-electron chi connectivity index (χ1n) is 4.31. The van der Waals surface area contributed by atoms with E-state index in [1.165, 1.54) is 0 Å². The van der Waals surface area contributed by atoms with Crippen molar-refractivity contribution in [3.63, 3.8) is 0 Å². The third kappa shape index (κ3) is 4.36. The number of nitrogens with one attached hydrogen (secondary N) is 1. The summed E-state index contributed by atoms with van der Waals surface area (Å²) in [6, 6.07) is 1.78. The van der Waals surface area contributed by atoms with Gasteiger partial charge >= 0.3 is 0 Å². The first-order chi connectivity index (χ1) is 6.79. The maximum absolute atomic E-state index is 5.16. The standard InChI is InChI=1S/C8H14N6/c9-8(10)14-5-4-11-6-7-12-2-1-3-13-7/h1-3,11H,4-6H2,(H4,9,10,14). The van der Waals surface area contributed by atoms with Crippen molar-refractivity contribution in [1.29, 1.82) is 0 Å². The van der Waals surface area contributed by atoms with Crippen LogP contribution in [0.2, 0.25) is 0 Å². The SMILES string of the molecule is NC(N)=NCCNCc1ncccn1. The molecule has 0 spiro atoms. The normalized spacial score (nSPS) is 9.71. The number of guanidine groups is 1. The van der Waals surface area contributed by atoms with E-state index in [2.05, 4.69) is 20.3 Å². The smallest absolute Gasteiger partial charge is 0.185 e. The van der Waals surface area contributed by atoms with Gasteiger partial charge in [-0.2, -0.15) is 0 Å². The van der Waals surface area contributed by atoms with Crippen LogP contribution in [0.1, 0.15) is 5.82 Å². The lowest BCUT2D eigenvalue weighted by Gasteiger charge is -2.00. The average molecular weight is 194 g/mol. The second-order valence-corrected chi connectivity index (χ2v) is 2.65. The summed E-state index contributed by atoms with van der Waals surface area (Å²) in [6.45, 7) is 1.89. The molecule has 0 aromatic carbocycles. The zero-order valence-electron chi connectivity index (χ0n) is 7.85. The van der Waals surface area contributed by atoms with Gasteiger partial charge in [0.1, 0.15) is 5.82 Å². The molecule has 1 heterocycles. The molecule has 0 atom stereocenters. The van der Waals surface area contributed by atoms with Gasteiger partial charge in [0, 0.05) is 18.9 Å². The summed E-state index contributed by atoms with van der Waals surface area (Å²) in [5.41, 5.74) is 10.3. The van der Waals surface area contributed by atoms with Crippen molar-refractivity contribution in [2.45, 2.75) is 6.54 Å². The van der Waals surface area contributed by atoms with Gasteiger partial charge in [0.15, 0.2) is 5.96 Å². The van der Waals surface area contributed by atoms with E-state index in [1.54, 1.807) is 18.5 Å². The Morgan fingerprint density at radius 3 is 2.71 bits per heavy atom. The van der Waals surface area contributed by atoms with E-state index in [9.17, 15) is 0 Å². The van der Waals surface area contributed by atoms with Gasteiger partial charge in [0.25, 0.3) is 0 Å². The fraction of sp³-hybridized carbons (Fsp3) is 0.375. The Morgan fingerprint density at radius 2 is 2.07 bits per heavy atom. The quantitative estimate of drug-likeness (QED) is 0.312. The number of aliphatic imine (C=N–C) groups is 1. The van der Waals surface area contributed by atoms with Crippen LogP contribution in [0.25, 0.3) is 0 Å². The summed E-state index contributed by atoms with van der Waals surface area (Å²) >= 11 is 0. The van der Waals surface area contributed by atoms with Gasteiger partial charge in [0.05, 0.1) is 13.1 Å². The van der Waals surface area contributed by atoms with Gasteiger partial charge in [-0.15, -0.1) is 0 Å². The third-order valence-electron chi connectivity index (χ3n) is 1.49. The van der Waals surface area contributed by atoms with Crippen LogP contribution >= 0.6 is 0 Å². The van der Waals surface area contributed by atoms with Crippen LogP contribution in [0.5, 0.6) is 0 Å². The Balaban J connectivity index is 2.14. The second kappa shape index (κ2) is 5.87. The number of hydrogen-bond donors (Lipinski definition) is 3. The maximum Gasteiger partial charge on any atom is 0.185 e. The zero-order chi connectivity index (χ0) is 10.2. The number of hydrogen-bond acceptors (Lipinski definition) is 4. The van der Waals surface area contributed by atoms with Crippen molar-refractivity contribution < 1.29 is 0 Å². The van der Waals surface area contributed by atoms with E-state index >= 15 is 0 Å². The molecule has 5 N–H and O–H groups in total. The Morgan fingerprint density at radius 1 is 1.36 bits per heavy atom. The fourth-order valence-electron chi connectivity index (χ4n) is 0.886. The fourth-order valence-corrected chi connectivity index (χ4v) is 0.886. The van der Waals surface area contributed by atoms with Crippen LogP contribution in [0.4, 0.5) is 0 Å². The lowest BCUT2D eigenvalue weighted by Crippen LogP contribution is -2.25. The number of rotatable bonds is 5.